The molecule has 0 aliphatic rings. The lowest BCUT2D eigenvalue weighted by Gasteiger charge is -2.06. The van der Waals surface area contributed by atoms with Gasteiger partial charge in [-0.15, -0.1) is 5.10 Å². The molecular weight excluding hydrogens is 269 g/mol. The Hall–Kier alpha value is -1.44. The lowest BCUT2D eigenvalue weighted by atomic mass is 10.2. The van der Waals surface area contributed by atoms with E-state index in [0.717, 1.165) is 4.52 Å². The molecule has 0 aliphatic carbocycles. The molecule has 2 aromatic rings. The minimum atomic E-state index is -4.62. The Labute approximate surface area is 95.8 Å². The summed E-state index contributed by atoms with van der Waals surface area (Å²) in [6.45, 7) is 0. The second-order valence-electron chi connectivity index (χ2n) is 3.11. The average Bonchev–Trinajstić information content (AvgIpc) is 2.60. The van der Waals surface area contributed by atoms with Gasteiger partial charge in [-0.2, -0.15) is 13.2 Å². The molecule has 0 unspecified atom stereocenters. The Morgan fingerprint density at radius 2 is 1.88 bits per heavy atom. The SMILES string of the molecule is FC(F)c1nc2cc(C(F)(F)F)cc(Cl)n2n1. The zero-order valence-corrected chi connectivity index (χ0v) is 8.60. The van der Waals surface area contributed by atoms with Crippen molar-refractivity contribution in [1.29, 1.82) is 0 Å². The van der Waals surface area contributed by atoms with Crippen molar-refractivity contribution in [3.8, 4) is 0 Å². The highest BCUT2D eigenvalue weighted by atomic mass is 35.5. The Morgan fingerprint density at radius 3 is 2.41 bits per heavy atom. The zero-order chi connectivity index (χ0) is 12.8. The number of halogens is 6. The van der Waals surface area contributed by atoms with E-state index in [1.807, 2.05) is 0 Å². The first-order valence-corrected chi connectivity index (χ1v) is 4.58. The number of nitrogens with zero attached hydrogens (tertiary/aromatic N) is 3. The van der Waals surface area contributed by atoms with Crippen molar-refractivity contribution in [3.05, 3.63) is 28.7 Å². The van der Waals surface area contributed by atoms with Gasteiger partial charge >= 0.3 is 6.18 Å². The molecule has 17 heavy (non-hydrogen) atoms. The number of alkyl halides is 5. The molecular formula is C8H3ClF5N3. The van der Waals surface area contributed by atoms with Crippen LogP contribution in [-0.2, 0) is 6.18 Å². The van der Waals surface area contributed by atoms with Gasteiger partial charge in [0, 0.05) is 0 Å². The molecule has 2 aromatic heterocycles. The predicted molar refractivity (Wildman–Crippen MR) is 48.0 cm³/mol. The number of aromatic nitrogens is 3. The van der Waals surface area contributed by atoms with E-state index in [4.69, 9.17) is 11.6 Å². The summed E-state index contributed by atoms with van der Waals surface area (Å²) >= 11 is 5.50. The van der Waals surface area contributed by atoms with Gasteiger partial charge < -0.3 is 0 Å². The van der Waals surface area contributed by atoms with Gasteiger partial charge in [0.1, 0.15) is 5.15 Å². The van der Waals surface area contributed by atoms with Crippen LogP contribution >= 0.6 is 11.6 Å². The van der Waals surface area contributed by atoms with Crippen molar-refractivity contribution in [2.45, 2.75) is 12.6 Å². The van der Waals surface area contributed by atoms with E-state index in [0.29, 0.717) is 12.1 Å². The summed E-state index contributed by atoms with van der Waals surface area (Å²) in [6.07, 6.45) is -7.59. The molecule has 0 spiro atoms. The highest BCUT2D eigenvalue weighted by Crippen LogP contribution is 2.32. The minimum Gasteiger partial charge on any atom is -0.206 e. The fourth-order valence-electron chi connectivity index (χ4n) is 1.22. The molecule has 92 valence electrons. The third-order valence-electron chi connectivity index (χ3n) is 1.93. The van der Waals surface area contributed by atoms with Crippen LogP contribution in [0.1, 0.15) is 17.8 Å². The van der Waals surface area contributed by atoms with Gasteiger partial charge in [0.15, 0.2) is 5.65 Å². The lowest BCUT2D eigenvalue weighted by molar-refractivity contribution is -0.137. The molecule has 2 heterocycles. The maximum Gasteiger partial charge on any atom is 0.416 e. The van der Waals surface area contributed by atoms with E-state index in [1.54, 1.807) is 0 Å². The van der Waals surface area contributed by atoms with E-state index in [-0.39, 0.29) is 5.65 Å². The average molecular weight is 272 g/mol. The minimum absolute atomic E-state index is 0.375. The molecule has 0 aliphatic heterocycles. The fraction of sp³-hybridized carbons (Fsp3) is 0.250. The lowest BCUT2D eigenvalue weighted by Crippen LogP contribution is -2.06. The van der Waals surface area contributed by atoms with Crippen molar-refractivity contribution in [1.82, 2.24) is 14.6 Å². The van der Waals surface area contributed by atoms with E-state index in [1.165, 1.54) is 0 Å². The number of fused-ring (bicyclic) bond motifs is 1. The summed E-state index contributed by atoms with van der Waals surface area (Å²) in [7, 11) is 0. The first kappa shape index (κ1) is 12.0. The van der Waals surface area contributed by atoms with E-state index >= 15 is 0 Å². The van der Waals surface area contributed by atoms with Crippen LogP contribution in [0.3, 0.4) is 0 Å². The highest BCUT2D eigenvalue weighted by Gasteiger charge is 2.32. The van der Waals surface area contributed by atoms with Crippen molar-refractivity contribution in [2.75, 3.05) is 0 Å². The molecule has 0 radical (unpaired) electrons. The largest absolute Gasteiger partial charge is 0.416 e. The van der Waals surface area contributed by atoms with Crippen LogP contribution in [0.4, 0.5) is 22.0 Å². The summed E-state index contributed by atoms with van der Waals surface area (Å²) in [5, 5.41) is 2.86. The van der Waals surface area contributed by atoms with Crippen molar-refractivity contribution >= 4 is 17.2 Å². The van der Waals surface area contributed by atoms with Crippen LogP contribution in [0.5, 0.6) is 0 Å². The normalized spacial score (nSPS) is 12.6. The molecule has 0 bridgehead atoms. The highest BCUT2D eigenvalue weighted by molar-refractivity contribution is 6.29. The zero-order valence-electron chi connectivity index (χ0n) is 7.84. The molecule has 9 heteroatoms. The van der Waals surface area contributed by atoms with Crippen LogP contribution in [-0.4, -0.2) is 14.6 Å². The summed E-state index contributed by atoms with van der Waals surface area (Å²) in [5.74, 6) is -0.869. The Balaban J connectivity index is 2.65. The summed E-state index contributed by atoms with van der Waals surface area (Å²) in [5.41, 5.74) is -1.44. The monoisotopic (exact) mass is 271 g/mol. The molecule has 0 aromatic carbocycles. The Morgan fingerprint density at radius 1 is 1.24 bits per heavy atom. The van der Waals surface area contributed by atoms with Crippen molar-refractivity contribution < 1.29 is 22.0 Å². The maximum absolute atomic E-state index is 12.4. The Kier molecular flexibility index (Phi) is 2.69. The molecule has 0 N–H and O–H groups in total. The van der Waals surface area contributed by atoms with Crippen molar-refractivity contribution in [2.24, 2.45) is 0 Å². The molecule has 0 fully saturated rings. The second kappa shape index (κ2) is 3.80. The first-order valence-electron chi connectivity index (χ1n) is 4.20. The molecule has 2 rings (SSSR count). The third kappa shape index (κ3) is 2.17. The topological polar surface area (TPSA) is 30.2 Å². The van der Waals surface area contributed by atoms with E-state index in [2.05, 4.69) is 10.1 Å². The van der Waals surface area contributed by atoms with Crippen LogP contribution in [0.25, 0.3) is 5.65 Å². The van der Waals surface area contributed by atoms with Gasteiger partial charge in [-0.05, 0) is 12.1 Å². The summed E-state index contributed by atoms with van der Waals surface area (Å²) in [6, 6.07) is 1.20. The van der Waals surface area contributed by atoms with Gasteiger partial charge in [-0.25, -0.2) is 18.3 Å². The van der Waals surface area contributed by atoms with Gasteiger partial charge in [-0.1, -0.05) is 11.6 Å². The smallest absolute Gasteiger partial charge is 0.206 e. The van der Waals surface area contributed by atoms with Crippen LogP contribution in [0, 0.1) is 0 Å². The standard InChI is InChI=1S/C8H3ClF5N3/c9-4-1-3(8(12,13)14)2-5-15-7(6(10)11)16-17(4)5/h1-2,6H. The van der Waals surface area contributed by atoms with E-state index in [9.17, 15) is 22.0 Å². The molecule has 3 nitrogen and oxygen atoms in total. The maximum atomic E-state index is 12.4. The predicted octanol–water partition coefficient (Wildman–Crippen LogP) is 3.34. The number of hydrogen-bond acceptors (Lipinski definition) is 2. The quantitative estimate of drug-likeness (QED) is 0.588. The molecule has 0 amide bonds. The van der Waals surface area contributed by atoms with Gasteiger partial charge in [0.2, 0.25) is 5.82 Å². The third-order valence-corrected chi connectivity index (χ3v) is 2.20. The number of pyridine rings is 1. The second-order valence-corrected chi connectivity index (χ2v) is 3.49. The Bertz CT molecular complexity index is 562. The van der Waals surface area contributed by atoms with Crippen molar-refractivity contribution in [3.63, 3.8) is 0 Å². The fourth-order valence-corrected chi connectivity index (χ4v) is 1.46. The van der Waals surface area contributed by atoms with Gasteiger partial charge in [0.05, 0.1) is 5.56 Å². The number of hydrogen-bond donors (Lipinski definition) is 0. The van der Waals surface area contributed by atoms with Gasteiger partial charge in [0.25, 0.3) is 6.43 Å². The molecule has 0 saturated carbocycles. The van der Waals surface area contributed by atoms with E-state index < -0.39 is 29.1 Å². The van der Waals surface area contributed by atoms with Crippen LogP contribution < -0.4 is 0 Å². The summed E-state index contributed by atoms with van der Waals surface area (Å²) in [4.78, 5) is 3.26. The number of rotatable bonds is 1. The molecule has 0 atom stereocenters. The summed E-state index contributed by atoms with van der Waals surface area (Å²) < 4.78 is 62.4. The molecule has 0 saturated heterocycles. The van der Waals surface area contributed by atoms with Gasteiger partial charge in [-0.3, -0.25) is 0 Å². The van der Waals surface area contributed by atoms with Crippen LogP contribution in [0.2, 0.25) is 5.15 Å². The first-order chi connectivity index (χ1) is 7.79. The van der Waals surface area contributed by atoms with Crippen LogP contribution in [0.15, 0.2) is 12.1 Å².